The molecule has 0 saturated carbocycles. The van der Waals surface area contributed by atoms with Gasteiger partial charge in [0, 0.05) is 16.3 Å². The maximum atomic E-state index is 12.3. The first-order valence-electron chi connectivity index (χ1n) is 7.16. The maximum Gasteiger partial charge on any atom is 0.304 e. The van der Waals surface area contributed by atoms with Gasteiger partial charge in [-0.2, -0.15) is 0 Å². The Morgan fingerprint density at radius 1 is 1.12 bits per heavy atom. The number of carboxylic acids is 1. The summed E-state index contributed by atoms with van der Waals surface area (Å²) in [6.07, 6.45) is -0.154. The minimum Gasteiger partial charge on any atom is -0.496 e. The third kappa shape index (κ3) is 4.66. The topological polar surface area (TPSA) is 92.7 Å². The molecule has 0 unspecified atom stereocenters. The van der Waals surface area contributed by atoms with E-state index in [0.29, 0.717) is 21.9 Å². The zero-order valence-electron chi connectivity index (χ0n) is 13.0. The first kappa shape index (κ1) is 17.7. The number of aliphatic carboxylic acids is 1. The third-order valence-corrected chi connectivity index (χ3v) is 4.60. The molecule has 0 spiro atoms. The van der Waals surface area contributed by atoms with Crippen LogP contribution in [0.15, 0.2) is 53.4 Å². The zero-order valence-corrected chi connectivity index (χ0v) is 13.8. The van der Waals surface area contributed by atoms with Crippen LogP contribution in [0.25, 0.3) is 0 Å². The fourth-order valence-corrected chi connectivity index (χ4v) is 3.05. The van der Waals surface area contributed by atoms with Gasteiger partial charge in [0.1, 0.15) is 5.75 Å². The van der Waals surface area contributed by atoms with Gasteiger partial charge in [0.05, 0.1) is 29.9 Å². The van der Waals surface area contributed by atoms with Crippen LogP contribution in [-0.2, 0) is 15.6 Å². The lowest BCUT2D eigenvalue weighted by Crippen LogP contribution is -2.13. The average Bonchev–Trinajstić information content (AvgIpc) is 2.60. The van der Waals surface area contributed by atoms with E-state index < -0.39 is 16.8 Å². The summed E-state index contributed by atoms with van der Waals surface area (Å²) >= 11 is 0. The maximum absolute atomic E-state index is 12.3. The van der Waals surface area contributed by atoms with E-state index >= 15 is 0 Å². The van der Waals surface area contributed by atoms with Crippen molar-refractivity contribution in [1.82, 2.24) is 0 Å². The number of amides is 1. The summed E-state index contributed by atoms with van der Waals surface area (Å²) in [5.74, 6) is -0.764. The predicted molar refractivity (Wildman–Crippen MR) is 90.9 cm³/mol. The Labute approximate surface area is 141 Å². The summed E-state index contributed by atoms with van der Waals surface area (Å²) in [7, 11) is 0.114. The van der Waals surface area contributed by atoms with E-state index in [4.69, 9.17) is 9.84 Å². The molecule has 2 aromatic carbocycles. The molecule has 24 heavy (non-hydrogen) atoms. The van der Waals surface area contributed by atoms with Gasteiger partial charge in [-0.15, -0.1) is 0 Å². The molecule has 1 amide bonds. The molecule has 7 heteroatoms. The fourth-order valence-electron chi connectivity index (χ4n) is 2.02. The van der Waals surface area contributed by atoms with E-state index in [0.717, 1.165) is 0 Å². The lowest BCUT2D eigenvalue weighted by atomic mass is 10.2. The van der Waals surface area contributed by atoms with Crippen molar-refractivity contribution in [3.05, 3.63) is 54.1 Å². The van der Waals surface area contributed by atoms with E-state index in [1.807, 2.05) is 0 Å². The van der Waals surface area contributed by atoms with Gasteiger partial charge in [-0.1, -0.05) is 12.1 Å². The Kier molecular flexibility index (Phi) is 6.08. The number of anilines is 1. The minimum absolute atomic E-state index is 0.0578. The highest BCUT2D eigenvalue weighted by Gasteiger charge is 2.12. The Morgan fingerprint density at radius 3 is 2.42 bits per heavy atom. The number of carbonyl (C=O) groups excluding carboxylic acids is 1. The molecule has 0 bridgehead atoms. The molecule has 2 aromatic rings. The van der Waals surface area contributed by atoms with Crippen LogP contribution in [0.4, 0.5) is 5.69 Å². The van der Waals surface area contributed by atoms with Crippen LogP contribution in [0.5, 0.6) is 5.75 Å². The van der Waals surface area contributed by atoms with Gasteiger partial charge in [0.25, 0.3) is 5.91 Å². The minimum atomic E-state index is -1.38. The van der Waals surface area contributed by atoms with Crippen molar-refractivity contribution in [2.75, 3.05) is 18.2 Å². The van der Waals surface area contributed by atoms with Gasteiger partial charge in [0.15, 0.2) is 0 Å². The number of carboxylic acid groups (broad SMARTS) is 1. The first-order valence-corrected chi connectivity index (χ1v) is 8.47. The number of hydrogen-bond donors (Lipinski definition) is 2. The number of carbonyl (C=O) groups is 2. The van der Waals surface area contributed by atoms with Crippen molar-refractivity contribution in [3.8, 4) is 5.75 Å². The van der Waals surface area contributed by atoms with Gasteiger partial charge in [-0.25, -0.2) is 0 Å². The van der Waals surface area contributed by atoms with Crippen molar-refractivity contribution >= 4 is 28.4 Å². The Balaban J connectivity index is 2.04. The largest absolute Gasteiger partial charge is 0.496 e. The van der Waals surface area contributed by atoms with Gasteiger partial charge < -0.3 is 15.2 Å². The zero-order chi connectivity index (χ0) is 17.5. The van der Waals surface area contributed by atoms with Crippen LogP contribution in [0.2, 0.25) is 0 Å². The second-order valence-corrected chi connectivity index (χ2v) is 6.44. The molecule has 6 nitrogen and oxygen atoms in total. The van der Waals surface area contributed by atoms with E-state index in [9.17, 15) is 13.8 Å². The van der Waals surface area contributed by atoms with E-state index in [1.54, 1.807) is 48.5 Å². The van der Waals surface area contributed by atoms with Crippen LogP contribution in [-0.4, -0.2) is 34.1 Å². The first-order chi connectivity index (χ1) is 11.5. The number of hydrogen-bond acceptors (Lipinski definition) is 4. The van der Waals surface area contributed by atoms with Gasteiger partial charge in [-0.3, -0.25) is 13.8 Å². The van der Waals surface area contributed by atoms with Crippen LogP contribution in [0.3, 0.4) is 0 Å². The average molecular weight is 347 g/mol. The quantitative estimate of drug-likeness (QED) is 0.803. The summed E-state index contributed by atoms with van der Waals surface area (Å²) in [6.45, 7) is 0. The molecule has 0 saturated heterocycles. The van der Waals surface area contributed by atoms with Gasteiger partial charge in [0.2, 0.25) is 0 Å². The summed E-state index contributed by atoms with van der Waals surface area (Å²) in [6, 6.07) is 13.3. The lowest BCUT2D eigenvalue weighted by Gasteiger charge is -2.09. The monoisotopic (exact) mass is 347 g/mol. The van der Waals surface area contributed by atoms with Gasteiger partial charge >= 0.3 is 5.97 Å². The Morgan fingerprint density at radius 2 is 1.79 bits per heavy atom. The molecule has 0 heterocycles. The van der Waals surface area contributed by atoms with Crippen LogP contribution in [0.1, 0.15) is 16.8 Å². The molecule has 2 rings (SSSR count). The van der Waals surface area contributed by atoms with Crippen molar-refractivity contribution in [1.29, 1.82) is 0 Å². The van der Waals surface area contributed by atoms with Crippen LogP contribution < -0.4 is 10.1 Å². The molecule has 0 aliphatic rings. The summed E-state index contributed by atoms with van der Waals surface area (Å²) in [5.41, 5.74) is 0.957. The molecule has 0 fully saturated rings. The molecule has 0 aliphatic heterocycles. The Hall–Kier alpha value is -2.67. The molecular weight excluding hydrogens is 330 g/mol. The van der Waals surface area contributed by atoms with Crippen LogP contribution >= 0.6 is 0 Å². The molecule has 126 valence electrons. The number of ether oxygens (including phenoxy) is 1. The summed E-state index contributed by atoms with van der Waals surface area (Å²) in [4.78, 5) is 23.3. The number of methoxy groups -OCH3 is 1. The van der Waals surface area contributed by atoms with E-state index in [2.05, 4.69) is 5.32 Å². The summed E-state index contributed by atoms with van der Waals surface area (Å²) in [5, 5.41) is 11.3. The molecule has 0 aromatic heterocycles. The highest BCUT2D eigenvalue weighted by molar-refractivity contribution is 7.85. The molecule has 2 N–H and O–H groups in total. The van der Waals surface area contributed by atoms with E-state index in [-0.39, 0.29) is 18.1 Å². The number of benzene rings is 2. The molecule has 1 atom stereocenters. The number of para-hydroxylation sites is 1. The molecule has 0 radical (unpaired) electrons. The second kappa shape index (κ2) is 8.26. The Bertz CT molecular complexity index is 758. The number of rotatable bonds is 7. The normalized spacial score (nSPS) is 11.5. The van der Waals surface area contributed by atoms with Gasteiger partial charge in [-0.05, 0) is 36.4 Å². The highest BCUT2D eigenvalue weighted by Crippen LogP contribution is 2.20. The van der Waals surface area contributed by atoms with Crippen molar-refractivity contribution in [2.24, 2.45) is 0 Å². The second-order valence-electron chi connectivity index (χ2n) is 4.87. The molecule has 0 aliphatic carbocycles. The standard InChI is InChI=1S/C17H17NO5S/c1-23-15-5-3-2-4-14(15)17(21)18-12-6-8-13(9-7-12)24(22)11-10-16(19)20/h2-9H,10-11H2,1H3,(H,18,21)(H,19,20)/t24-/m1/s1. The van der Waals surface area contributed by atoms with Crippen molar-refractivity contribution in [3.63, 3.8) is 0 Å². The summed E-state index contributed by atoms with van der Waals surface area (Å²) < 4.78 is 17.1. The highest BCUT2D eigenvalue weighted by atomic mass is 32.2. The lowest BCUT2D eigenvalue weighted by molar-refractivity contribution is -0.136. The fraction of sp³-hybridized carbons (Fsp3) is 0.176. The number of nitrogens with one attached hydrogen (secondary N) is 1. The van der Waals surface area contributed by atoms with E-state index in [1.165, 1.54) is 7.11 Å². The third-order valence-electron chi connectivity index (χ3n) is 3.23. The SMILES string of the molecule is COc1ccccc1C(=O)Nc1ccc([S@](=O)CCC(=O)O)cc1. The van der Waals surface area contributed by atoms with Crippen molar-refractivity contribution < 1.29 is 23.6 Å². The van der Waals surface area contributed by atoms with Crippen molar-refractivity contribution in [2.45, 2.75) is 11.3 Å². The predicted octanol–water partition coefficient (Wildman–Crippen LogP) is 2.53. The van der Waals surface area contributed by atoms with Crippen LogP contribution in [0, 0.1) is 0 Å². The molecular formula is C17H17NO5S. The smallest absolute Gasteiger partial charge is 0.304 e.